The minimum atomic E-state index is -3.25. The highest BCUT2D eigenvalue weighted by Crippen LogP contribution is 2.22. The van der Waals surface area contributed by atoms with E-state index in [0.29, 0.717) is 37.4 Å². The SMILES string of the molecule is CCS(=O)(=O)N1CCN(Cc2cccc(NC(=O)Nc3ccc(C)nc3)c2F)C[C@H]1C. The van der Waals surface area contributed by atoms with Crippen molar-refractivity contribution in [2.75, 3.05) is 36.0 Å². The molecule has 31 heavy (non-hydrogen) atoms. The second kappa shape index (κ2) is 9.71. The van der Waals surface area contributed by atoms with Gasteiger partial charge in [-0.2, -0.15) is 4.31 Å². The molecule has 3 rings (SSSR count). The number of hydrogen-bond donors (Lipinski definition) is 2. The van der Waals surface area contributed by atoms with E-state index in [9.17, 15) is 13.2 Å². The molecular weight excluding hydrogens is 421 g/mol. The van der Waals surface area contributed by atoms with Crippen molar-refractivity contribution in [3.8, 4) is 0 Å². The van der Waals surface area contributed by atoms with E-state index < -0.39 is 21.9 Å². The number of halogens is 1. The van der Waals surface area contributed by atoms with E-state index in [4.69, 9.17) is 0 Å². The lowest BCUT2D eigenvalue weighted by molar-refractivity contribution is 0.137. The molecular formula is C21H28FN5O3S. The van der Waals surface area contributed by atoms with Crippen LogP contribution in [0.5, 0.6) is 0 Å². The highest BCUT2D eigenvalue weighted by molar-refractivity contribution is 7.89. The summed E-state index contributed by atoms with van der Waals surface area (Å²) in [5.41, 5.74) is 1.85. The second-order valence-corrected chi connectivity index (χ2v) is 9.85. The second-order valence-electron chi connectivity index (χ2n) is 7.64. The van der Waals surface area contributed by atoms with Gasteiger partial charge >= 0.3 is 6.03 Å². The van der Waals surface area contributed by atoms with Crippen molar-refractivity contribution in [2.24, 2.45) is 0 Å². The smallest absolute Gasteiger partial charge is 0.306 e. The number of nitrogens with one attached hydrogen (secondary N) is 2. The van der Waals surface area contributed by atoms with E-state index >= 15 is 4.39 Å². The van der Waals surface area contributed by atoms with Crippen molar-refractivity contribution < 1.29 is 17.6 Å². The van der Waals surface area contributed by atoms with E-state index in [-0.39, 0.29) is 17.5 Å². The Labute approximate surface area is 182 Å². The van der Waals surface area contributed by atoms with E-state index in [1.807, 2.05) is 18.7 Å². The molecule has 1 aromatic heterocycles. The van der Waals surface area contributed by atoms with Crippen LogP contribution in [-0.4, -0.2) is 60.1 Å². The molecule has 10 heteroatoms. The molecule has 1 saturated heterocycles. The molecule has 2 amide bonds. The molecule has 0 radical (unpaired) electrons. The molecule has 1 atom stereocenters. The average Bonchev–Trinajstić information content (AvgIpc) is 2.72. The molecule has 1 aliphatic heterocycles. The number of rotatable bonds is 6. The standard InChI is InChI=1S/C21H28FN5O3S/c1-4-31(29,30)27-11-10-26(13-16(27)3)14-17-6-5-7-19(20(17)22)25-21(28)24-18-9-8-15(2)23-12-18/h5-9,12,16H,4,10-11,13-14H2,1-3H3,(H2,24,25,28)/t16-/m1/s1. The summed E-state index contributed by atoms with van der Waals surface area (Å²) in [5.74, 6) is -0.434. The van der Waals surface area contributed by atoms with Gasteiger partial charge in [0.1, 0.15) is 0 Å². The number of nitrogens with zero attached hydrogens (tertiary/aromatic N) is 3. The number of amides is 2. The Hall–Kier alpha value is -2.56. The van der Waals surface area contributed by atoms with Gasteiger partial charge in [-0.25, -0.2) is 17.6 Å². The maximum Gasteiger partial charge on any atom is 0.323 e. The zero-order valence-electron chi connectivity index (χ0n) is 17.9. The van der Waals surface area contributed by atoms with Crippen LogP contribution >= 0.6 is 0 Å². The van der Waals surface area contributed by atoms with Crippen molar-refractivity contribution in [1.29, 1.82) is 0 Å². The Balaban J connectivity index is 1.63. The van der Waals surface area contributed by atoms with Crippen LogP contribution in [0.15, 0.2) is 36.5 Å². The lowest BCUT2D eigenvalue weighted by atomic mass is 10.1. The number of aromatic nitrogens is 1. The van der Waals surface area contributed by atoms with E-state index in [2.05, 4.69) is 15.6 Å². The largest absolute Gasteiger partial charge is 0.323 e. The monoisotopic (exact) mass is 449 g/mol. The number of urea groups is 1. The van der Waals surface area contributed by atoms with Crippen LogP contribution in [0.1, 0.15) is 25.1 Å². The number of benzene rings is 1. The molecule has 1 aliphatic rings. The minimum Gasteiger partial charge on any atom is -0.306 e. The number of hydrogen-bond acceptors (Lipinski definition) is 5. The van der Waals surface area contributed by atoms with Crippen molar-refractivity contribution >= 4 is 27.4 Å². The first kappa shape index (κ1) is 23.1. The Kier molecular flexibility index (Phi) is 7.24. The van der Waals surface area contributed by atoms with Crippen LogP contribution < -0.4 is 10.6 Å². The number of carbonyl (C=O) groups is 1. The van der Waals surface area contributed by atoms with Crippen LogP contribution in [0.2, 0.25) is 0 Å². The highest BCUT2D eigenvalue weighted by Gasteiger charge is 2.31. The quantitative estimate of drug-likeness (QED) is 0.707. The Morgan fingerprint density at radius 2 is 2.00 bits per heavy atom. The zero-order valence-corrected chi connectivity index (χ0v) is 18.7. The number of pyridine rings is 1. The van der Waals surface area contributed by atoms with Crippen LogP contribution in [0.4, 0.5) is 20.6 Å². The van der Waals surface area contributed by atoms with Crippen LogP contribution in [0, 0.1) is 12.7 Å². The van der Waals surface area contributed by atoms with Gasteiger partial charge in [0, 0.05) is 43.5 Å². The third-order valence-electron chi connectivity index (χ3n) is 5.26. The maximum absolute atomic E-state index is 15.0. The normalized spacial score (nSPS) is 18.0. The van der Waals surface area contributed by atoms with Gasteiger partial charge in [0.15, 0.2) is 5.82 Å². The molecule has 0 bridgehead atoms. The van der Waals surface area contributed by atoms with Gasteiger partial charge < -0.3 is 10.6 Å². The molecule has 1 aromatic carbocycles. The zero-order chi connectivity index (χ0) is 22.6. The predicted molar refractivity (Wildman–Crippen MR) is 119 cm³/mol. The fraction of sp³-hybridized carbons (Fsp3) is 0.429. The topological polar surface area (TPSA) is 94.6 Å². The summed E-state index contributed by atoms with van der Waals surface area (Å²) in [6, 6.07) is 7.59. The van der Waals surface area contributed by atoms with Gasteiger partial charge in [-0.1, -0.05) is 12.1 Å². The molecule has 2 heterocycles. The van der Waals surface area contributed by atoms with Crippen molar-refractivity contribution in [3.63, 3.8) is 0 Å². The van der Waals surface area contributed by atoms with Crippen molar-refractivity contribution in [3.05, 3.63) is 53.6 Å². The molecule has 0 spiro atoms. The number of piperazine rings is 1. The summed E-state index contributed by atoms with van der Waals surface area (Å²) >= 11 is 0. The highest BCUT2D eigenvalue weighted by atomic mass is 32.2. The average molecular weight is 450 g/mol. The summed E-state index contributed by atoms with van der Waals surface area (Å²) in [5, 5.41) is 5.16. The number of sulfonamides is 1. The van der Waals surface area contributed by atoms with E-state index in [1.165, 1.54) is 16.6 Å². The molecule has 1 fully saturated rings. The minimum absolute atomic E-state index is 0.0698. The van der Waals surface area contributed by atoms with Gasteiger partial charge in [0.25, 0.3) is 0 Å². The first-order chi connectivity index (χ1) is 14.7. The van der Waals surface area contributed by atoms with Gasteiger partial charge in [-0.15, -0.1) is 0 Å². The van der Waals surface area contributed by atoms with E-state index in [1.54, 1.807) is 31.2 Å². The molecule has 8 nitrogen and oxygen atoms in total. The van der Waals surface area contributed by atoms with Crippen LogP contribution in [0.25, 0.3) is 0 Å². The fourth-order valence-corrected chi connectivity index (χ4v) is 4.91. The lowest BCUT2D eigenvalue weighted by Crippen LogP contribution is -2.53. The maximum atomic E-state index is 15.0. The van der Waals surface area contributed by atoms with Gasteiger partial charge in [-0.3, -0.25) is 9.88 Å². The summed E-state index contributed by atoms with van der Waals surface area (Å²) in [6.07, 6.45) is 1.53. The Bertz CT molecular complexity index is 1030. The molecule has 0 aliphatic carbocycles. The Morgan fingerprint density at radius 1 is 1.23 bits per heavy atom. The van der Waals surface area contributed by atoms with Crippen molar-refractivity contribution in [2.45, 2.75) is 33.4 Å². The van der Waals surface area contributed by atoms with E-state index in [0.717, 1.165) is 5.69 Å². The number of aryl methyl sites for hydroxylation is 1. The molecule has 2 N–H and O–H groups in total. The van der Waals surface area contributed by atoms with Gasteiger partial charge in [0.05, 0.1) is 23.3 Å². The van der Waals surface area contributed by atoms with Crippen LogP contribution in [0.3, 0.4) is 0 Å². The molecule has 2 aromatic rings. The Morgan fingerprint density at radius 3 is 2.65 bits per heavy atom. The summed E-state index contributed by atoms with van der Waals surface area (Å²) < 4.78 is 40.9. The lowest BCUT2D eigenvalue weighted by Gasteiger charge is -2.38. The predicted octanol–water partition coefficient (Wildman–Crippen LogP) is 3.03. The first-order valence-electron chi connectivity index (χ1n) is 10.2. The van der Waals surface area contributed by atoms with Crippen molar-refractivity contribution in [1.82, 2.24) is 14.2 Å². The third-order valence-corrected chi connectivity index (χ3v) is 7.25. The molecule has 0 saturated carbocycles. The fourth-order valence-electron chi connectivity index (χ4n) is 3.60. The summed E-state index contributed by atoms with van der Waals surface area (Å²) in [7, 11) is -3.25. The summed E-state index contributed by atoms with van der Waals surface area (Å²) in [4.78, 5) is 18.4. The third kappa shape index (κ3) is 5.78. The van der Waals surface area contributed by atoms with Crippen LogP contribution in [-0.2, 0) is 16.6 Å². The molecule has 0 unspecified atom stereocenters. The molecule has 168 valence electrons. The van der Waals surface area contributed by atoms with Gasteiger partial charge in [0.2, 0.25) is 10.0 Å². The number of carbonyl (C=O) groups excluding carboxylic acids is 1. The first-order valence-corrected chi connectivity index (χ1v) is 11.8. The number of anilines is 2. The van der Waals surface area contributed by atoms with Gasteiger partial charge in [-0.05, 0) is 39.0 Å². The summed E-state index contributed by atoms with van der Waals surface area (Å²) in [6.45, 7) is 7.07.